The highest BCUT2D eigenvalue weighted by molar-refractivity contribution is 7.09. The summed E-state index contributed by atoms with van der Waals surface area (Å²) >= 11 is 1.53. The quantitative estimate of drug-likeness (QED) is 0.639. The zero-order valence-corrected chi connectivity index (χ0v) is 13.4. The molecule has 0 saturated heterocycles. The van der Waals surface area contributed by atoms with Crippen molar-refractivity contribution in [1.29, 1.82) is 0 Å². The number of carbonyl (C=O) groups is 2. The molecule has 8 heteroatoms. The Kier molecular flexibility index (Phi) is 4.30. The summed E-state index contributed by atoms with van der Waals surface area (Å²) in [5.41, 5.74) is -0.630. The van der Waals surface area contributed by atoms with E-state index in [2.05, 4.69) is 0 Å². The molecular weight excluding hydrogens is 332 g/mol. The van der Waals surface area contributed by atoms with Gasteiger partial charge in [-0.25, -0.2) is 4.79 Å². The molecule has 1 heterocycles. The number of hydrogen-bond donors (Lipinski definition) is 1. The van der Waals surface area contributed by atoms with E-state index in [1.807, 2.05) is 17.5 Å². The molecule has 0 aliphatic heterocycles. The summed E-state index contributed by atoms with van der Waals surface area (Å²) in [4.78, 5) is 37.0. The molecule has 7 nitrogen and oxygen atoms in total. The molecule has 0 atom stereocenters. The summed E-state index contributed by atoms with van der Waals surface area (Å²) in [5.74, 6) is -1.68. The van der Waals surface area contributed by atoms with Gasteiger partial charge in [0, 0.05) is 28.6 Å². The van der Waals surface area contributed by atoms with Gasteiger partial charge in [0.1, 0.15) is 0 Å². The number of carbonyl (C=O) groups excluding carboxylic acids is 1. The van der Waals surface area contributed by atoms with E-state index in [0.29, 0.717) is 6.54 Å². The fourth-order valence-corrected chi connectivity index (χ4v) is 3.16. The minimum Gasteiger partial charge on any atom is -0.478 e. The van der Waals surface area contributed by atoms with Crippen LogP contribution in [0.25, 0.3) is 0 Å². The minimum absolute atomic E-state index is 0.0325. The van der Waals surface area contributed by atoms with E-state index in [9.17, 15) is 19.7 Å². The van der Waals surface area contributed by atoms with Crippen LogP contribution in [-0.4, -0.2) is 32.8 Å². The summed E-state index contributed by atoms with van der Waals surface area (Å²) in [6, 6.07) is 7.21. The number of amides is 1. The molecule has 0 radical (unpaired) electrons. The zero-order valence-electron chi connectivity index (χ0n) is 12.5. The molecule has 0 spiro atoms. The van der Waals surface area contributed by atoms with Crippen LogP contribution in [0, 0.1) is 10.1 Å². The Bertz CT molecular complexity index is 767. The fourth-order valence-electron chi connectivity index (χ4n) is 2.45. The Hall–Kier alpha value is -2.74. The van der Waals surface area contributed by atoms with Crippen LogP contribution < -0.4 is 0 Å². The highest BCUT2D eigenvalue weighted by atomic mass is 32.1. The maximum absolute atomic E-state index is 12.8. The predicted octanol–water partition coefficient (Wildman–Crippen LogP) is 3.16. The lowest BCUT2D eigenvalue weighted by Crippen LogP contribution is -2.32. The van der Waals surface area contributed by atoms with Crippen molar-refractivity contribution >= 4 is 28.9 Å². The summed E-state index contributed by atoms with van der Waals surface area (Å²) in [6.45, 7) is 0.423. The molecule has 0 unspecified atom stereocenters. The SMILES string of the molecule is O=C(O)c1cc(C(=O)N(Cc2cccs2)C2CC2)cc([N+](=O)[O-])c1. The third-order valence-electron chi connectivity index (χ3n) is 3.78. The van der Waals surface area contributed by atoms with Gasteiger partial charge in [0.15, 0.2) is 0 Å². The molecule has 1 amide bonds. The van der Waals surface area contributed by atoms with Gasteiger partial charge in [-0.1, -0.05) is 6.07 Å². The molecule has 1 aromatic heterocycles. The van der Waals surface area contributed by atoms with Crippen molar-refractivity contribution in [2.75, 3.05) is 0 Å². The molecule has 1 fully saturated rings. The van der Waals surface area contributed by atoms with Gasteiger partial charge in [0.2, 0.25) is 0 Å². The van der Waals surface area contributed by atoms with Gasteiger partial charge in [-0.3, -0.25) is 14.9 Å². The van der Waals surface area contributed by atoms with Gasteiger partial charge in [0.25, 0.3) is 11.6 Å². The van der Waals surface area contributed by atoms with Crippen LogP contribution in [0.2, 0.25) is 0 Å². The van der Waals surface area contributed by atoms with Crippen LogP contribution >= 0.6 is 11.3 Å². The topological polar surface area (TPSA) is 101 Å². The number of benzene rings is 1. The van der Waals surface area contributed by atoms with Crippen LogP contribution in [0.5, 0.6) is 0 Å². The normalized spacial score (nSPS) is 13.5. The first kappa shape index (κ1) is 16.1. The number of non-ortho nitro benzene ring substituents is 1. The van der Waals surface area contributed by atoms with E-state index in [4.69, 9.17) is 5.11 Å². The molecule has 2 aromatic rings. The van der Waals surface area contributed by atoms with Crippen molar-refractivity contribution in [3.8, 4) is 0 Å². The van der Waals surface area contributed by atoms with Crippen LogP contribution in [0.3, 0.4) is 0 Å². The molecule has 1 aliphatic carbocycles. The number of aromatic carboxylic acids is 1. The second-order valence-electron chi connectivity index (χ2n) is 5.57. The number of carboxylic acid groups (broad SMARTS) is 1. The first-order valence-electron chi connectivity index (χ1n) is 7.32. The maximum atomic E-state index is 12.8. The second kappa shape index (κ2) is 6.40. The molecule has 1 N–H and O–H groups in total. The van der Waals surface area contributed by atoms with Crippen LogP contribution in [0.15, 0.2) is 35.7 Å². The third kappa shape index (κ3) is 3.43. The number of rotatable bonds is 6. The molecular formula is C16H14N2O5S. The van der Waals surface area contributed by atoms with Crippen LogP contribution in [0.1, 0.15) is 38.4 Å². The fraction of sp³-hybridized carbons (Fsp3) is 0.250. The van der Waals surface area contributed by atoms with Crippen molar-refractivity contribution in [1.82, 2.24) is 4.90 Å². The minimum atomic E-state index is -1.30. The highest BCUT2D eigenvalue weighted by Crippen LogP contribution is 2.31. The van der Waals surface area contributed by atoms with E-state index in [0.717, 1.165) is 29.9 Å². The summed E-state index contributed by atoms with van der Waals surface area (Å²) in [6.07, 6.45) is 1.77. The molecule has 1 aromatic carbocycles. The van der Waals surface area contributed by atoms with Gasteiger partial charge < -0.3 is 10.0 Å². The number of hydrogen-bond acceptors (Lipinski definition) is 5. The monoisotopic (exact) mass is 346 g/mol. The number of nitro benzene ring substituents is 1. The number of nitro groups is 1. The lowest BCUT2D eigenvalue weighted by atomic mass is 10.1. The largest absolute Gasteiger partial charge is 0.478 e. The standard InChI is InChI=1S/C16H14N2O5S/c19-15(17(12-3-4-12)9-14-2-1-5-24-14)10-6-11(16(20)21)8-13(7-10)18(22)23/h1-2,5-8,12H,3-4,9H2,(H,20,21). The Morgan fingerprint density at radius 2 is 2.00 bits per heavy atom. The van der Waals surface area contributed by atoms with Crippen molar-refractivity contribution in [3.63, 3.8) is 0 Å². The molecule has 0 bridgehead atoms. The Morgan fingerprint density at radius 1 is 1.29 bits per heavy atom. The molecule has 24 heavy (non-hydrogen) atoms. The Morgan fingerprint density at radius 3 is 2.54 bits per heavy atom. The summed E-state index contributed by atoms with van der Waals surface area (Å²) < 4.78 is 0. The molecule has 3 rings (SSSR count). The van der Waals surface area contributed by atoms with Crippen LogP contribution in [-0.2, 0) is 6.54 Å². The highest BCUT2D eigenvalue weighted by Gasteiger charge is 2.34. The van der Waals surface area contributed by atoms with Crippen molar-refractivity contribution < 1.29 is 19.6 Å². The van der Waals surface area contributed by atoms with E-state index >= 15 is 0 Å². The van der Waals surface area contributed by atoms with E-state index in [1.165, 1.54) is 17.4 Å². The first-order valence-corrected chi connectivity index (χ1v) is 8.20. The lowest BCUT2D eigenvalue weighted by Gasteiger charge is -2.22. The van der Waals surface area contributed by atoms with Gasteiger partial charge >= 0.3 is 5.97 Å². The number of carboxylic acids is 1. The average Bonchev–Trinajstić information content (AvgIpc) is 3.27. The zero-order chi connectivity index (χ0) is 17.3. The molecule has 124 valence electrons. The number of thiophene rings is 1. The Balaban J connectivity index is 1.94. The van der Waals surface area contributed by atoms with E-state index in [1.54, 1.807) is 4.90 Å². The Labute approximate surface area is 141 Å². The number of nitrogens with zero attached hydrogens (tertiary/aromatic N) is 2. The third-order valence-corrected chi connectivity index (χ3v) is 4.64. The van der Waals surface area contributed by atoms with Gasteiger partial charge in [-0.2, -0.15) is 0 Å². The second-order valence-corrected chi connectivity index (χ2v) is 6.61. The molecule has 1 aliphatic rings. The van der Waals surface area contributed by atoms with Crippen molar-refractivity contribution in [2.45, 2.75) is 25.4 Å². The van der Waals surface area contributed by atoms with Crippen molar-refractivity contribution in [3.05, 3.63) is 61.8 Å². The van der Waals surface area contributed by atoms with E-state index < -0.39 is 16.6 Å². The van der Waals surface area contributed by atoms with Gasteiger partial charge in [-0.05, 0) is 30.4 Å². The first-order chi connectivity index (χ1) is 11.5. The van der Waals surface area contributed by atoms with Crippen molar-refractivity contribution in [2.24, 2.45) is 0 Å². The maximum Gasteiger partial charge on any atom is 0.335 e. The summed E-state index contributed by atoms with van der Waals surface area (Å²) in [5, 5.41) is 22.0. The van der Waals surface area contributed by atoms with E-state index in [-0.39, 0.29) is 23.1 Å². The average molecular weight is 346 g/mol. The lowest BCUT2D eigenvalue weighted by molar-refractivity contribution is -0.384. The smallest absolute Gasteiger partial charge is 0.335 e. The van der Waals surface area contributed by atoms with Gasteiger partial charge in [-0.15, -0.1) is 11.3 Å². The summed E-state index contributed by atoms with van der Waals surface area (Å²) in [7, 11) is 0. The van der Waals surface area contributed by atoms with Gasteiger partial charge in [0.05, 0.1) is 17.0 Å². The van der Waals surface area contributed by atoms with Crippen LogP contribution in [0.4, 0.5) is 5.69 Å². The molecule has 1 saturated carbocycles. The predicted molar refractivity (Wildman–Crippen MR) is 87.3 cm³/mol.